The van der Waals surface area contributed by atoms with Crippen molar-refractivity contribution in [3.63, 3.8) is 0 Å². The molecule has 6 heteroatoms. The van der Waals surface area contributed by atoms with Gasteiger partial charge in [0.25, 0.3) is 5.89 Å². The molecule has 0 atom stereocenters. The molecule has 0 amide bonds. The van der Waals surface area contributed by atoms with Crippen molar-refractivity contribution in [1.82, 2.24) is 19.7 Å². The van der Waals surface area contributed by atoms with Gasteiger partial charge >= 0.3 is 0 Å². The Labute approximate surface area is 105 Å². The summed E-state index contributed by atoms with van der Waals surface area (Å²) in [7, 11) is 0. The monoisotopic (exact) mass is 248 g/mol. The third-order valence-corrected chi connectivity index (χ3v) is 2.32. The summed E-state index contributed by atoms with van der Waals surface area (Å²) in [5, 5.41) is 3.73. The molecular weight excluding hydrogens is 232 g/mol. The number of hydrogen-bond donors (Lipinski definition) is 0. The average molecular weight is 248 g/mol. The Hall–Kier alpha value is -1.95. The minimum absolute atomic E-state index is 0.453. The maximum Gasteiger partial charge on any atom is 0.278 e. The summed E-state index contributed by atoms with van der Waals surface area (Å²) in [6.45, 7) is 7.52. The molecule has 0 saturated carbocycles. The lowest BCUT2D eigenvalue weighted by Gasteiger charge is -2.01. The fourth-order valence-corrected chi connectivity index (χ4v) is 1.51. The first-order valence-electron chi connectivity index (χ1n) is 5.80. The molecule has 0 radical (unpaired) electrons. The molecular formula is C12H16N4O2. The maximum absolute atomic E-state index is 5.31. The van der Waals surface area contributed by atoms with Gasteiger partial charge in [0, 0.05) is 19.3 Å². The maximum atomic E-state index is 5.31. The van der Waals surface area contributed by atoms with Gasteiger partial charge in [0.05, 0.1) is 12.9 Å². The Kier molecular flexibility index (Phi) is 4.25. The highest BCUT2D eigenvalue weighted by molar-refractivity contribution is 5.44. The van der Waals surface area contributed by atoms with Crippen LogP contribution in [0, 0.1) is 6.92 Å². The predicted octanol–water partition coefficient (Wildman–Crippen LogP) is 1.83. The zero-order valence-electron chi connectivity index (χ0n) is 10.4. The number of ether oxygens (including phenoxy) is 1. The lowest BCUT2D eigenvalue weighted by atomic mass is 10.4. The molecule has 0 unspecified atom stereocenters. The van der Waals surface area contributed by atoms with Gasteiger partial charge in [-0.25, -0.2) is 4.98 Å². The van der Waals surface area contributed by atoms with Crippen molar-refractivity contribution in [1.29, 1.82) is 0 Å². The normalized spacial score (nSPS) is 10.7. The molecule has 0 aromatic carbocycles. The van der Waals surface area contributed by atoms with Gasteiger partial charge in [-0.15, -0.1) is 6.58 Å². The molecule has 2 heterocycles. The van der Waals surface area contributed by atoms with Crippen molar-refractivity contribution in [3.8, 4) is 11.6 Å². The molecule has 0 aliphatic heterocycles. The van der Waals surface area contributed by atoms with Crippen LogP contribution >= 0.6 is 0 Å². The second-order valence-electron chi connectivity index (χ2n) is 3.86. The van der Waals surface area contributed by atoms with Gasteiger partial charge in [0.15, 0.2) is 5.82 Å². The van der Waals surface area contributed by atoms with E-state index in [1.807, 2.05) is 10.8 Å². The Morgan fingerprint density at radius 2 is 2.44 bits per heavy atom. The van der Waals surface area contributed by atoms with E-state index in [-0.39, 0.29) is 0 Å². The fourth-order valence-electron chi connectivity index (χ4n) is 1.51. The number of hydrogen-bond acceptors (Lipinski definition) is 5. The quantitative estimate of drug-likeness (QED) is 0.552. The molecule has 0 aliphatic carbocycles. The zero-order valence-corrected chi connectivity index (χ0v) is 10.4. The highest BCUT2D eigenvalue weighted by Gasteiger charge is 2.09. The molecule has 6 nitrogen and oxygen atoms in total. The first-order chi connectivity index (χ1) is 8.79. The van der Waals surface area contributed by atoms with Crippen LogP contribution in [0.5, 0.6) is 0 Å². The number of imidazole rings is 1. The van der Waals surface area contributed by atoms with Crippen molar-refractivity contribution in [2.24, 2.45) is 0 Å². The van der Waals surface area contributed by atoms with Crippen LogP contribution in [0.25, 0.3) is 11.6 Å². The fraction of sp³-hybridized carbons (Fsp3) is 0.417. The van der Waals surface area contributed by atoms with Crippen LogP contribution in [-0.4, -0.2) is 32.9 Å². The van der Waals surface area contributed by atoms with E-state index in [0.717, 1.165) is 13.0 Å². The molecule has 2 aromatic rings. The lowest BCUT2D eigenvalue weighted by Crippen LogP contribution is -2.00. The summed E-state index contributed by atoms with van der Waals surface area (Å²) in [6, 6.07) is 0. The second kappa shape index (κ2) is 6.11. The molecule has 0 N–H and O–H groups in total. The third-order valence-electron chi connectivity index (χ3n) is 2.32. The van der Waals surface area contributed by atoms with Crippen LogP contribution in [-0.2, 0) is 11.3 Å². The van der Waals surface area contributed by atoms with Gasteiger partial charge in [-0.05, 0) is 13.3 Å². The third kappa shape index (κ3) is 3.27. The standard InChI is InChI=1S/C12H16N4O2/c1-3-6-17-7-4-5-16-8-11(13-9-16)12-14-10(2)15-18-12/h3,8-9H,1,4-7H2,2H3. The van der Waals surface area contributed by atoms with Crippen LogP contribution in [0.2, 0.25) is 0 Å². The SMILES string of the molecule is C=CCOCCCn1cnc(-c2nc(C)no2)c1. The Morgan fingerprint density at radius 3 is 3.17 bits per heavy atom. The van der Waals surface area contributed by atoms with Crippen molar-refractivity contribution >= 4 is 0 Å². The van der Waals surface area contributed by atoms with E-state index in [1.54, 1.807) is 19.3 Å². The van der Waals surface area contributed by atoms with Gasteiger partial charge in [-0.3, -0.25) is 0 Å². The summed E-state index contributed by atoms with van der Waals surface area (Å²) in [5.74, 6) is 1.06. The topological polar surface area (TPSA) is 66.0 Å². The summed E-state index contributed by atoms with van der Waals surface area (Å²) in [4.78, 5) is 8.35. The van der Waals surface area contributed by atoms with Crippen LogP contribution in [0.4, 0.5) is 0 Å². The van der Waals surface area contributed by atoms with Crippen molar-refractivity contribution < 1.29 is 9.26 Å². The number of aryl methyl sites for hydroxylation is 2. The molecule has 2 rings (SSSR count). The minimum atomic E-state index is 0.453. The molecule has 0 aliphatic rings. The minimum Gasteiger partial charge on any atom is -0.377 e. The Balaban J connectivity index is 1.84. The van der Waals surface area contributed by atoms with Gasteiger partial charge in [-0.1, -0.05) is 11.2 Å². The summed E-state index contributed by atoms with van der Waals surface area (Å²) in [5.41, 5.74) is 0.697. The molecule has 0 fully saturated rings. The smallest absolute Gasteiger partial charge is 0.278 e. The van der Waals surface area contributed by atoms with E-state index in [2.05, 4.69) is 21.7 Å². The highest BCUT2D eigenvalue weighted by Crippen LogP contribution is 2.13. The molecule has 18 heavy (non-hydrogen) atoms. The van der Waals surface area contributed by atoms with E-state index < -0.39 is 0 Å². The largest absolute Gasteiger partial charge is 0.377 e. The van der Waals surface area contributed by atoms with Crippen LogP contribution < -0.4 is 0 Å². The van der Waals surface area contributed by atoms with Gasteiger partial charge in [0.2, 0.25) is 0 Å². The van der Waals surface area contributed by atoms with Crippen LogP contribution in [0.1, 0.15) is 12.2 Å². The van der Waals surface area contributed by atoms with E-state index in [9.17, 15) is 0 Å². The van der Waals surface area contributed by atoms with Gasteiger partial charge in [-0.2, -0.15) is 4.98 Å². The number of rotatable bonds is 7. The number of aromatic nitrogens is 4. The molecule has 0 bridgehead atoms. The zero-order chi connectivity index (χ0) is 12.8. The summed E-state index contributed by atoms with van der Waals surface area (Å²) < 4.78 is 12.3. The van der Waals surface area contributed by atoms with Crippen LogP contribution in [0.15, 0.2) is 29.7 Å². The van der Waals surface area contributed by atoms with Crippen molar-refractivity contribution in [3.05, 3.63) is 31.0 Å². The van der Waals surface area contributed by atoms with E-state index in [4.69, 9.17) is 9.26 Å². The molecule has 0 spiro atoms. The van der Waals surface area contributed by atoms with E-state index in [1.165, 1.54) is 0 Å². The highest BCUT2D eigenvalue weighted by atomic mass is 16.5. The second-order valence-corrected chi connectivity index (χ2v) is 3.86. The first kappa shape index (κ1) is 12.5. The Bertz CT molecular complexity index is 504. The first-order valence-corrected chi connectivity index (χ1v) is 5.80. The van der Waals surface area contributed by atoms with Crippen molar-refractivity contribution in [2.45, 2.75) is 19.9 Å². The van der Waals surface area contributed by atoms with E-state index in [0.29, 0.717) is 30.6 Å². The molecule has 2 aromatic heterocycles. The average Bonchev–Trinajstić information content (AvgIpc) is 2.97. The molecule has 96 valence electrons. The van der Waals surface area contributed by atoms with Crippen LogP contribution in [0.3, 0.4) is 0 Å². The van der Waals surface area contributed by atoms with Crippen molar-refractivity contribution in [2.75, 3.05) is 13.2 Å². The van der Waals surface area contributed by atoms with Gasteiger partial charge in [0.1, 0.15) is 5.69 Å². The molecule has 0 saturated heterocycles. The summed E-state index contributed by atoms with van der Waals surface area (Å²) >= 11 is 0. The number of nitrogens with zero attached hydrogens (tertiary/aromatic N) is 4. The van der Waals surface area contributed by atoms with E-state index >= 15 is 0 Å². The Morgan fingerprint density at radius 1 is 1.56 bits per heavy atom. The summed E-state index contributed by atoms with van der Waals surface area (Å²) in [6.07, 6.45) is 6.31. The lowest BCUT2D eigenvalue weighted by molar-refractivity contribution is 0.156. The van der Waals surface area contributed by atoms with Gasteiger partial charge < -0.3 is 13.8 Å². The predicted molar refractivity (Wildman–Crippen MR) is 65.9 cm³/mol.